The highest BCUT2D eigenvalue weighted by Gasteiger charge is 2.52. The van der Waals surface area contributed by atoms with Crippen LogP contribution in [0.15, 0.2) is 0 Å². The standard InChI is InChI=1S/C15H22O4/c1-19-15(18)12(7-13(16)17)14-10-3-8-2-9(5-10)6-11(14)4-8/h8-12,14H,2-7H2,1H3,(H,16,17)/t8?,9?,10?,11?,12-,14?/m1/s1. The molecule has 106 valence electrons. The van der Waals surface area contributed by atoms with Crippen molar-refractivity contribution in [1.82, 2.24) is 0 Å². The van der Waals surface area contributed by atoms with Gasteiger partial charge in [0.1, 0.15) is 0 Å². The monoisotopic (exact) mass is 266 g/mol. The summed E-state index contributed by atoms with van der Waals surface area (Å²) in [5.74, 6) is 1.39. The summed E-state index contributed by atoms with van der Waals surface area (Å²) in [4.78, 5) is 23.0. The molecule has 0 radical (unpaired) electrons. The summed E-state index contributed by atoms with van der Waals surface area (Å²) in [6.45, 7) is 0. The van der Waals surface area contributed by atoms with Gasteiger partial charge in [0.25, 0.3) is 0 Å². The van der Waals surface area contributed by atoms with Crippen LogP contribution in [0.2, 0.25) is 0 Å². The fourth-order valence-corrected chi connectivity index (χ4v) is 5.34. The minimum absolute atomic E-state index is 0.0698. The first-order chi connectivity index (χ1) is 9.08. The summed E-state index contributed by atoms with van der Waals surface area (Å²) in [7, 11) is 1.37. The highest BCUT2D eigenvalue weighted by molar-refractivity contribution is 5.79. The average Bonchev–Trinajstić information content (AvgIpc) is 2.34. The first-order valence-electron chi connectivity index (χ1n) is 7.38. The summed E-state index contributed by atoms with van der Waals surface area (Å²) < 4.78 is 4.87. The second-order valence-corrected chi connectivity index (χ2v) is 6.74. The van der Waals surface area contributed by atoms with Crippen molar-refractivity contribution in [3.63, 3.8) is 0 Å². The van der Waals surface area contributed by atoms with E-state index in [2.05, 4.69) is 0 Å². The number of rotatable bonds is 4. The average molecular weight is 266 g/mol. The number of carboxylic acid groups (broad SMARTS) is 1. The first kappa shape index (κ1) is 12.9. The van der Waals surface area contributed by atoms with E-state index in [1.165, 1.54) is 39.2 Å². The van der Waals surface area contributed by atoms with Crippen LogP contribution in [0.5, 0.6) is 0 Å². The van der Waals surface area contributed by atoms with Crippen molar-refractivity contribution in [2.24, 2.45) is 35.5 Å². The van der Waals surface area contributed by atoms with Gasteiger partial charge in [0.15, 0.2) is 0 Å². The lowest BCUT2D eigenvalue weighted by Gasteiger charge is -2.55. The Bertz CT molecular complexity index is 362. The van der Waals surface area contributed by atoms with Crippen LogP contribution < -0.4 is 0 Å². The molecular weight excluding hydrogens is 244 g/mol. The highest BCUT2D eigenvalue weighted by atomic mass is 16.5. The van der Waals surface area contributed by atoms with Gasteiger partial charge in [-0.2, -0.15) is 0 Å². The summed E-state index contributed by atoms with van der Waals surface area (Å²) in [6.07, 6.45) is 6.09. The van der Waals surface area contributed by atoms with Crippen LogP contribution in [0.1, 0.15) is 38.5 Å². The molecule has 4 saturated carbocycles. The van der Waals surface area contributed by atoms with Crippen molar-refractivity contribution >= 4 is 11.9 Å². The van der Waals surface area contributed by atoms with Crippen LogP contribution in [-0.4, -0.2) is 24.2 Å². The van der Waals surface area contributed by atoms with E-state index in [9.17, 15) is 9.59 Å². The Kier molecular flexibility index (Phi) is 3.27. The molecule has 4 heteroatoms. The Morgan fingerprint density at radius 2 is 1.63 bits per heavy atom. The zero-order chi connectivity index (χ0) is 13.6. The molecule has 4 rings (SSSR count). The van der Waals surface area contributed by atoms with Crippen molar-refractivity contribution in [2.45, 2.75) is 38.5 Å². The van der Waals surface area contributed by atoms with Crippen LogP contribution in [0.4, 0.5) is 0 Å². The van der Waals surface area contributed by atoms with E-state index in [0.717, 1.165) is 11.8 Å². The van der Waals surface area contributed by atoms with Gasteiger partial charge in [0.2, 0.25) is 0 Å². The van der Waals surface area contributed by atoms with Gasteiger partial charge in [-0.1, -0.05) is 0 Å². The van der Waals surface area contributed by atoms with Crippen LogP contribution in [-0.2, 0) is 14.3 Å². The maximum atomic E-state index is 12.0. The van der Waals surface area contributed by atoms with E-state index in [1.807, 2.05) is 0 Å². The minimum Gasteiger partial charge on any atom is -0.481 e. The predicted molar refractivity (Wildman–Crippen MR) is 68.3 cm³/mol. The number of methoxy groups -OCH3 is 1. The molecule has 0 spiro atoms. The normalized spacial score (nSPS) is 41.0. The summed E-state index contributed by atoms with van der Waals surface area (Å²) in [5.41, 5.74) is 0. The molecule has 0 aromatic rings. The molecule has 0 aromatic heterocycles. The molecule has 0 saturated heterocycles. The predicted octanol–water partition coefficient (Wildman–Crippen LogP) is 2.32. The molecule has 4 nitrogen and oxygen atoms in total. The molecule has 0 heterocycles. The Balaban J connectivity index is 1.81. The molecule has 0 unspecified atom stereocenters. The Labute approximate surface area is 113 Å². The van der Waals surface area contributed by atoms with Gasteiger partial charge in [0, 0.05) is 0 Å². The lowest BCUT2D eigenvalue weighted by atomic mass is 9.49. The Morgan fingerprint density at radius 1 is 1.11 bits per heavy atom. The number of carbonyl (C=O) groups excluding carboxylic acids is 1. The maximum absolute atomic E-state index is 12.0. The van der Waals surface area contributed by atoms with Crippen LogP contribution >= 0.6 is 0 Å². The van der Waals surface area contributed by atoms with Crippen molar-refractivity contribution in [3.05, 3.63) is 0 Å². The van der Waals surface area contributed by atoms with Gasteiger partial charge in [-0.25, -0.2) is 0 Å². The molecular formula is C15H22O4. The SMILES string of the molecule is COC(=O)[C@H](CC(=O)O)C1C2CC3CC(C2)CC1C3. The van der Waals surface area contributed by atoms with E-state index in [0.29, 0.717) is 11.8 Å². The van der Waals surface area contributed by atoms with Gasteiger partial charge >= 0.3 is 11.9 Å². The third-order valence-corrected chi connectivity index (χ3v) is 5.66. The molecule has 1 N–H and O–H groups in total. The first-order valence-corrected chi connectivity index (χ1v) is 7.38. The van der Waals surface area contributed by atoms with E-state index in [-0.39, 0.29) is 18.3 Å². The van der Waals surface area contributed by atoms with E-state index in [4.69, 9.17) is 9.84 Å². The molecule has 1 atom stereocenters. The van der Waals surface area contributed by atoms with Crippen LogP contribution in [0.3, 0.4) is 0 Å². The molecule has 0 aromatic carbocycles. The summed E-state index contributed by atoms with van der Waals surface area (Å²) in [5, 5.41) is 9.08. The van der Waals surface area contributed by atoms with Crippen LogP contribution in [0, 0.1) is 35.5 Å². The number of aliphatic carboxylic acids is 1. The zero-order valence-corrected chi connectivity index (χ0v) is 11.4. The lowest BCUT2D eigenvalue weighted by Crippen LogP contribution is -2.49. The molecule has 0 aliphatic heterocycles. The molecule has 19 heavy (non-hydrogen) atoms. The summed E-state index contributed by atoms with van der Waals surface area (Å²) >= 11 is 0. The third-order valence-electron chi connectivity index (χ3n) is 5.66. The fraction of sp³-hybridized carbons (Fsp3) is 0.867. The quantitative estimate of drug-likeness (QED) is 0.793. The molecule has 4 aliphatic carbocycles. The number of ether oxygens (including phenoxy) is 1. The van der Waals surface area contributed by atoms with Gasteiger partial charge in [0.05, 0.1) is 19.4 Å². The smallest absolute Gasteiger partial charge is 0.309 e. The number of esters is 1. The second-order valence-electron chi connectivity index (χ2n) is 6.74. The number of hydrogen-bond donors (Lipinski definition) is 1. The zero-order valence-electron chi connectivity index (χ0n) is 11.4. The molecule has 0 amide bonds. The van der Waals surface area contributed by atoms with E-state index >= 15 is 0 Å². The number of hydrogen-bond acceptors (Lipinski definition) is 3. The Hall–Kier alpha value is -1.06. The number of carbonyl (C=O) groups is 2. The van der Waals surface area contributed by atoms with Gasteiger partial charge < -0.3 is 9.84 Å². The molecule has 4 aliphatic rings. The van der Waals surface area contributed by atoms with Crippen molar-refractivity contribution < 1.29 is 19.4 Å². The summed E-state index contributed by atoms with van der Waals surface area (Å²) in [6, 6.07) is 0. The van der Waals surface area contributed by atoms with Gasteiger partial charge in [-0.3, -0.25) is 9.59 Å². The van der Waals surface area contributed by atoms with Gasteiger partial charge in [-0.05, 0) is 61.7 Å². The third kappa shape index (κ3) is 2.26. The lowest BCUT2D eigenvalue weighted by molar-refractivity contribution is -0.160. The largest absolute Gasteiger partial charge is 0.481 e. The fourth-order valence-electron chi connectivity index (χ4n) is 5.34. The van der Waals surface area contributed by atoms with E-state index in [1.54, 1.807) is 0 Å². The topological polar surface area (TPSA) is 63.6 Å². The molecule has 4 fully saturated rings. The maximum Gasteiger partial charge on any atom is 0.309 e. The minimum atomic E-state index is -0.885. The highest BCUT2D eigenvalue weighted by Crippen LogP contribution is 2.58. The van der Waals surface area contributed by atoms with Crippen molar-refractivity contribution in [2.75, 3.05) is 7.11 Å². The van der Waals surface area contributed by atoms with Crippen molar-refractivity contribution in [1.29, 1.82) is 0 Å². The molecule has 4 bridgehead atoms. The van der Waals surface area contributed by atoms with E-state index < -0.39 is 11.9 Å². The van der Waals surface area contributed by atoms with Crippen molar-refractivity contribution in [3.8, 4) is 0 Å². The number of carboxylic acids is 1. The second kappa shape index (κ2) is 4.80. The van der Waals surface area contributed by atoms with Gasteiger partial charge in [-0.15, -0.1) is 0 Å². The Morgan fingerprint density at radius 3 is 2.05 bits per heavy atom. The van der Waals surface area contributed by atoms with Crippen LogP contribution in [0.25, 0.3) is 0 Å².